The molecule has 1 saturated carbocycles. The molecule has 5 rings (SSSR count). The van der Waals surface area contributed by atoms with Gasteiger partial charge in [-0.3, -0.25) is 19.6 Å². The van der Waals surface area contributed by atoms with Gasteiger partial charge in [0.1, 0.15) is 11.6 Å². The monoisotopic (exact) mass is 545 g/mol. The summed E-state index contributed by atoms with van der Waals surface area (Å²) in [5, 5.41) is 8.56. The van der Waals surface area contributed by atoms with Gasteiger partial charge in [0, 0.05) is 65.9 Å². The second-order valence-corrected chi connectivity index (χ2v) is 11.8. The third-order valence-corrected chi connectivity index (χ3v) is 9.05. The predicted molar refractivity (Wildman–Crippen MR) is 156 cm³/mol. The summed E-state index contributed by atoms with van der Waals surface area (Å²) < 4.78 is 21.4. The molecule has 1 aromatic rings. The van der Waals surface area contributed by atoms with Crippen LogP contribution in [0.3, 0.4) is 0 Å². The fraction of sp³-hybridized carbons (Fsp3) is 0.545. The van der Waals surface area contributed by atoms with Crippen molar-refractivity contribution in [1.29, 1.82) is 5.41 Å². The molecule has 7 heteroatoms. The van der Waals surface area contributed by atoms with Crippen molar-refractivity contribution in [2.75, 3.05) is 19.8 Å². The lowest BCUT2D eigenvalue weighted by molar-refractivity contribution is -0.126. The Kier molecular flexibility index (Phi) is 8.99. The second-order valence-electron chi connectivity index (χ2n) is 11.8. The number of allylic oxidation sites excluding steroid dienone is 4. The van der Waals surface area contributed by atoms with E-state index in [1.54, 1.807) is 6.07 Å². The summed E-state index contributed by atoms with van der Waals surface area (Å²) in [7, 11) is 0. The molecule has 0 spiro atoms. The van der Waals surface area contributed by atoms with Crippen LogP contribution in [-0.4, -0.2) is 49.0 Å². The molecule has 1 N–H and O–H groups in total. The SMILES string of the molecule is CC1(C(=O)CC(=N)c2cccc(C(=O)C3=CCCC4=C3C(=NCCC3CCOCC3)CCC=N4)c2F)CCCC1. The Labute approximate surface area is 236 Å². The Bertz CT molecular complexity index is 1290. The molecule has 0 bridgehead atoms. The highest BCUT2D eigenvalue weighted by molar-refractivity contribution is 6.22. The number of benzene rings is 1. The number of Topliss-reactive ketones (excluding diaryl/α,β-unsaturated/α-hetero) is 2. The number of ether oxygens (including phenoxy) is 1. The number of halogens is 1. The minimum Gasteiger partial charge on any atom is -0.381 e. The van der Waals surface area contributed by atoms with E-state index in [9.17, 15) is 9.59 Å². The molecule has 212 valence electrons. The molecule has 4 aliphatic rings. The minimum absolute atomic E-state index is 0.0196. The van der Waals surface area contributed by atoms with Gasteiger partial charge in [-0.2, -0.15) is 0 Å². The van der Waals surface area contributed by atoms with Gasteiger partial charge in [-0.25, -0.2) is 4.39 Å². The van der Waals surface area contributed by atoms with E-state index >= 15 is 4.39 Å². The standard InChI is InChI=1S/C33H40FN3O3/c1-33(15-2-3-16-33)29(38)21-26(35)23-7-4-9-25(31(23)34)32(39)24-8-5-10-27-30(24)28(11-6-17-36-27)37-18-12-22-13-19-40-20-14-22/h4,7-9,17,22,35H,2-3,5-6,10-16,18-21H2,1H3. The zero-order chi connectivity index (χ0) is 28.1. The summed E-state index contributed by atoms with van der Waals surface area (Å²) >= 11 is 0. The van der Waals surface area contributed by atoms with Crippen molar-refractivity contribution in [1.82, 2.24) is 0 Å². The minimum atomic E-state index is -0.731. The average molecular weight is 546 g/mol. The van der Waals surface area contributed by atoms with Crippen molar-refractivity contribution < 1.29 is 18.7 Å². The fourth-order valence-electron chi connectivity index (χ4n) is 6.46. The van der Waals surface area contributed by atoms with Crippen molar-refractivity contribution in [2.24, 2.45) is 21.3 Å². The van der Waals surface area contributed by atoms with E-state index in [1.165, 1.54) is 12.1 Å². The van der Waals surface area contributed by atoms with Gasteiger partial charge in [0.05, 0.1) is 11.3 Å². The molecule has 2 aliphatic carbocycles. The summed E-state index contributed by atoms with van der Waals surface area (Å²) in [5.74, 6) is -0.561. The lowest BCUT2D eigenvalue weighted by Gasteiger charge is -2.23. The van der Waals surface area contributed by atoms with Crippen molar-refractivity contribution in [3.63, 3.8) is 0 Å². The number of rotatable bonds is 9. The molecule has 2 fully saturated rings. The van der Waals surface area contributed by atoms with Crippen LogP contribution in [-0.2, 0) is 9.53 Å². The maximum Gasteiger partial charge on any atom is 0.196 e. The van der Waals surface area contributed by atoms with Crippen LogP contribution in [0.25, 0.3) is 0 Å². The maximum absolute atomic E-state index is 15.9. The predicted octanol–water partition coefficient (Wildman–Crippen LogP) is 7.01. The summed E-state index contributed by atoms with van der Waals surface area (Å²) in [5.41, 5.74) is 2.35. The van der Waals surface area contributed by atoms with Crippen LogP contribution < -0.4 is 0 Å². The van der Waals surface area contributed by atoms with Gasteiger partial charge in [0.25, 0.3) is 0 Å². The van der Waals surface area contributed by atoms with E-state index in [-0.39, 0.29) is 29.0 Å². The lowest BCUT2D eigenvalue weighted by atomic mass is 9.81. The van der Waals surface area contributed by atoms with E-state index < -0.39 is 17.0 Å². The zero-order valence-corrected chi connectivity index (χ0v) is 23.6. The third-order valence-electron chi connectivity index (χ3n) is 9.05. The first-order chi connectivity index (χ1) is 19.4. The molecule has 40 heavy (non-hydrogen) atoms. The van der Waals surface area contributed by atoms with E-state index in [4.69, 9.17) is 15.1 Å². The maximum atomic E-state index is 15.9. The van der Waals surface area contributed by atoms with Crippen LogP contribution in [0.5, 0.6) is 0 Å². The van der Waals surface area contributed by atoms with E-state index in [2.05, 4.69) is 4.99 Å². The average Bonchev–Trinajstić information content (AvgIpc) is 3.31. The van der Waals surface area contributed by atoms with Crippen LogP contribution in [0.1, 0.15) is 99.9 Å². The molecular weight excluding hydrogens is 505 g/mol. The number of aliphatic imine (C=N–C) groups is 2. The van der Waals surface area contributed by atoms with Gasteiger partial charge in [0.15, 0.2) is 5.78 Å². The number of nitrogens with zero attached hydrogens (tertiary/aromatic N) is 2. The van der Waals surface area contributed by atoms with Crippen molar-refractivity contribution in [3.8, 4) is 0 Å². The number of ketones is 2. The molecule has 6 nitrogen and oxygen atoms in total. The lowest BCUT2D eigenvalue weighted by Crippen LogP contribution is -2.27. The van der Waals surface area contributed by atoms with Gasteiger partial charge >= 0.3 is 0 Å². The van der Waals surface area contributed by atoms with Crippen LogP contribution >= 0.6 is 0 Å². The first-order valence-corrected chi connectivity index (χ1v) is 14.9. The molecule has 1 saturated heterocycles. The fourth-order valence-corrected chi connectivity index (χ4v) is 6.46. The number of carbonyl (C=O) groups excluding carboxylic acids is 2. The van der Waals surface area contributed by atoms with Crippen LogP contribution in [0.2, 0.25) is 0 Å². The molecule has 1 aromatic carbocycles. The molecule has 0 atom stereocenters. The Morgan fingerprint density at radius 1 is 1.12 bits per heavy atom. The quantitative estimate of drug-likeness (QED) is 0.267. The Morgan fingerprint density at radius 2 is 1.88 bits per heavy atom. The molecule has 2 heterocycles. The second kappa shape index (κ2) is 12.6. The normalized spacial score (nSPS) is 22.1. The molecule has 0 amide bonds. The Balaban J connectivity index is 1.37. The topological polar surface area (TPSA) is 91.9 Å². The van der Waals surface area contributed by atoms with E-state index in [0.717, 1.165) is 88.0 Å². The molecular formula is C33H40FN3O3. The summed E-state index contributed by atoms with van der Waals surface area (Å²) in [4.78, 5) is 36.5. The zero-order valence-electron chi connectivity index (χ0n) is 23.6. The molecule has 0 unspecified atom stereocenters. The third kappa shape index (κ3) is 6.14. The summed E-state index contributed by atoms with van der Waals surface area (Å²) in [6.07, 6.45) is 13.2. The first kappa shape index (κ1) is 28.5. The highest BCUT2D eigenvalue weighted by Crippen LogP contribution is 2.39. The van der Waals surface area contributed by atoms with Gasteiger partial charge in [-0.05, 0) is 69.8 Å². The number of hydrogen-bond donors (Lipinski definition) is 1. The number of nitrogens with one attached hydrogen (secondary N) is 1. The molecule has 2 aliphatic heterocycles. The van der Waals surface area contributed by atoms with Gasteiger partial charge < -0.3 is 10.1 Å². The number of carbonyl (C=O) groups is 2. The Morgan fingerprint density at radius 3 is 2.65 bits per heavy atom. The first-order valence-electron chi connectivity index (χ1n) is 14.9. The smallest absolute Gasteiger partial charge is 0.196 e. The number of hydrogen-bond acceptors (Lipinski definition) is 6. The van der Waals surface area contributed by atoms with Gasteiger partial charge in [0.2, 0.25) is 0 Å². The van der Waals surface area contributed by atoms with Crippen molar-refractivity contribution in [2.45, 2.75) is 84.0 Å². The molecule has 0 radical (unpaired) electrons. The summed E-state index contributed by atoms with van der Waals surface area (Å²) in [6, 6.07) is 4.58. The van der Waals surface area contributed by atoms with Crippen LogP contribution in [0.15, 0.2) is 51.1 Å². The Hall–Kier alpha value is -3.06. The van der Waals surface area contributed by atoms with Crippen molar-refractivity contribution in [3.05, 3.63) is 58.1 Å². The van der Waals surface area contributed by atoms with Crippen LogP contribution in [0, 0.1) is 22.6 Å². The van der Waals surface area contributed by atoms with Gasteiger partial charge in [-0.15, -0.1) is 0 Å². The van der Waals surface area contributed by atoms with Gasteiger partial charge in [-0.1, -0.05) is 38.0 Å². The molecule has 0 aromatic heterocycles. The van der Waals surface area contributed by atoms with E-state index in [0.29, 0.717) is 30.9 Å². The van der Waals surface area contributed by atoms with Crippen LogP contribution in [0.4, 0.5) is 4.39 Å². The highest BCUT2D eigenvalue weighted by atomic mass is 19.1. The highest BCUT2D eigenvalue weighted by Gasteiger charge is 2.37. The largest absolute Gasteiger partial charge is 0.381 e. The van der Waals surface area contributed by atoms with Crippen molar-refractivity contribution >= 4 is 29.2 Å². The summed E-state index contributed by atoms with van der Waals surface area (Å²) in [6.45, 7) is 4.25. The van der Waals surface area contributed by atoms with E-state index in [1.807, 2.05) is 19.2 Å².